The summed E-state index contributed by atoms with van der Waals surface area (Å²) in [5.41, 5.74) is 6.58. The molecular formula is C16H21N3O3. The van der Waals surface area contributed by atoms with E-state index in [2.05, 4.69) is 5.32 Å². The predicted octanol–water partition coefficient (Wildman–Crippen LogP) is 0.478. The van der Waals surface area contributed by atoms with Crippen molar-refractivity contribution in [1.29, 1.82) is 5.26 Å². The Balaban J connectivity index is 2.71. The third-order valence-corrected chi connectivity index (χ3v) is 3.18. The Hall–Kier alpha value is -2.39. The molecule has 6 heteroatoms. The van der Waals surface area contributed by atoms with Crippen molar-refractivity contribution in [2.75, 3.05) is 0 Å². The number of rotatable bonds is 7. The van der Waals surface area contributed by atoms with Crippen molar-refractivity contribution in [3.8, 4) is 6.07 Å². The molecule has 1 rings (SSSR count). The van der Waals surface area contributed by atoms with Gasteiger partial charge in [-0.05, 0) is 30.0 Å². The number of aliphatic hydroxyl groups excluding tert-OH is 1. The number of carbonyl (C=O) groups excluding carboxylic acids is 2. The van der Waals surface area contributed by atoms with Crippen LogP contribution in [0, 0.1) is 17.2 Å². The molecule has 0 saturated carbocycles. The summed E-state index contributed by atoms with van der Waals surface area (Å²) in [5, 5.41) is 21.0. The number of nitriles is 1. The maximum Gasteiger partial charge on any atom is 0.249 e. The van der Waals surface area contributed by atoms with Crippen molar-refractivity contribution in [3.05, 3.63) is 35.4 Å². The molecule has 0 spiro atoms. The number of nitrogens with two attached hydrogens (primary N) is 1. The van der Waals surface area contributed by atoms with Crippen LogP contribution in [-0.2, 0) is 16.0 Å². The summed E-state index contributed by atoms with van der Waals surface area (Å²) in [4.78, 5) is 23.4. The summed E-state index contributed by atoms with van der Waals surface area (Å²) in [5.74, 6) is -1.12. The van der Waals surface area contributed by atoms with Crippen LogP contribution in [0.15, 0.2) is 24.3 Å². The van der Waals surface area contributed by atoms with E-state index in [-0.39, 0.29) is 12.3 Å². The van der Waals surface area contributed by atoms with E-state index in [4.69, 9.17) is 11.0 Å². The number of benzene rings is 1. The minimum absolute atomic E-state index is 0.159. The first-order valence-electron chi connectivity index (χ1n) is 7.10. The van der Waals surface area contributed by atoms with E-state index < -0.39 is 24.0 Å². The number of nitrogens with one attached hydrogen (secondary N) is 1. The Morgan fingerprint density at radius 2 is 1.91 bits per heavy atom. The highest BCUT2D eigenvalue weighted by Crippen LogP contribution is 2.08. The number of nitrogens with zero attached hydrogens (tertiary/aromatic N) is 1. The highest BCUT2D eigenvalue weighted by molar-refractivity contribution is 5.88. The first-order valence-corrected chi connectivity index (χ1v) is 7.10. The Morgan fingerprint density at radius 1 is 1.32 bits per heavy atom. The standard InChI is InChI=1S/C16H21N3O3/c1-10(2)7-14(20)16(22)19-13(15(18)21)8-11-3-5-12(9-17)6-4-11/h3-6,10,13-14,20H,7-8H2,1-2H3,(H2,18,21)(H,19,22)/t13-,14+/m0/s1. The zero-order chi connectivity index (χ0) is 16.7. The van der Waals surface area contributed by atoms with Crippen LogP contribution in [0.3, 0.4) is 0 Å². The van der Waals surface area contributed by atoms with E-state index in [1.54, 1.807) is 24.3 Å². The molecule has 22 heavy (non-hydrogen) atoms. The van der Waals surface area contributed by atoms with Crippen molar-refractivity contribution in [1.82, 2.24) is 5.32 Å². The molecule has 1 aromatic carbocycles. The Kier molecular flexibility index (Phi) is 6.54. The van der Waals surface area contributed by atoms with E-state index in [9.17, 15) is 14.7 Å². The summed E-state index contributed by atoms with van der Waals surface area (Å²) in [6, 6.07) is 7.76. The molecule has 118 valence electrons. The third kappa shape index (κ3) is 5.54. The summed E-state index contributed by atoms with van der Waals surface area (Å²) in [6.45, 7) is 3.78. The van der Waals surface area contributed by atoms with Crippen LogP contribution < -0.4 is 11.1 Å². The molecule has 0 bridgehead atoms. The van der Waals surface area contributed by atoms with E-state index in [0.717, 1.165) is 5.56 Å². The average Bonchev–Trinajstić information content (AvgIpc) is 2.46. The lowest BCUT2D eigenvalue weighted by molar-refractivity contribution is -0.133. The van der Waals surface area contributed by atoms with Crippen molar-refractivity contribution in [2.45, 2.75) is 38.8 Å². The Morgan fingerprint density at radius 3 is 2.36 bits per heavy atom. The van der Waals surface area contributed by atoms with E-state index >= 15 is 0 Å². The second-order valence-corrected chi connectivity index (χ2v) is 5.62. The van der Waals surface area contributed by atoms with Gasteiger partial charge in [-0.3, -0.25) is 9.59 Å². The largest absolute Gasteiger partial charge is 0.383 e. The number of carbonyl (C=O) groups is 2. The summed E-state index contributed by atoms with van der Waals surface area (Å²) >= 11 is 0. The molecule has 0 aliphatic carbocycles. The lowest BCUT2D eigenvalue weighted by Crippen LogP contribution is -2.49. The smallest absolute Gasteiger partial charge is 0.249 e. The second-order valence-electron chi connectivity index (χ2n) is 5.62. The quantitative estimate of drug-likeness (QED) is 0.679. The SMILES string of the molecule is CC(C)C[C@@H](O)C(=O)N[C@@H](Cc1ccc(C#N)cc1)C(N)=O. The first kappa shape index (κ1) is 17.7. The summed E-state index contributed by atoms with van der Waals surface area (Å²) in [6.07, 6.45) is -0.641. The lowest BCUT2D eigenvalue weighted by atomic mass is 10.0. The highest BCUT2D eigenvalue weighted by atomic mass is 16.3. The van der Waals surface area contributed by atoms with Crippen LogP contribution in [0.1, 0.15) is 31.4 Å². The fourth-order valence-corrected chi connectivity index (χ4v) is 2.00. The zero-order valence-corrected chi connectivity index (χ0v) is 12.7. The average molecular weight is 303 g/mol. The van der Waals surface area contributed by atoms with Crippen LogP contribution in [0.4, 0.5) is 0 Å². The number of aliphatic hydroxyl groups is 1. The fraction of sp³-hybridized carbons (Fsp3) is 0.438. The minimum Gasteiger partial charge on any atom is -0.383 e. The van der Waals surface area contributed by atoms with Gasteiger partial charge in [-0.25, -0.2) is 0 Å². The van der Waals surface area contributed by atoms with E-state index in [1.807, 2.05) is 19.9 Å². The molecular weight excluding hydrogens is 282 g/mol. The summed E-state index contributed by atoms with van der Waals surface area (Å²) in [7, 11) is 0. The molecule has 6 nitrogen and oxygen atoms in total. The molecule has 0 radical (unpaired) electrons. The second kappa shape index (κ2) is 8.15. The monoisotopic (exact) mass is 303 g/mol. The lowest BCUT2D eigenvalue weighted by Gasteiger charge is -2.19. The van der Waals surface area contributed by atoms with E-state index in [0.29, 0.717) is 12.0 Å². The topological polar surface area (TPSA) is 116 Å². The zero-order valence-electron chi connectivity index (χ0n) is 12.7. The van der Waals surface area contributed by atoms with Crippen molar-refractivity contribution in [2.24, 2.45) is 11.7 Å². The normalized spacial score (nSPS) is 13.2. The van der Waals surface area contributed by atoms with E-state index in [1.165, 1.54) is 0 Å². The van der Waals surface area contributed by atoms with Gasteiger partial charge in [0, 0.05) is 6.42 Å². The molecule has 0 fully saturated rings. The summed E-state index contributed by atoms with van der Waals surface area (Å²) < 4.78 is 0. The van der Waals surface area contributed by atoms with Crippen molar-refractivity contribution < 1.29 is 14.7 Å². The van der Waals surface area contributed by atoms with Gasteiger partial charge >= 0.3 is 0 Å². The minimum atomic E-state index is -1.16. The fourth-order valence-electron chi connectivity index (χ4n) is 2.00. The maximum absolute atomic E-state index is 11.9. The highest BCUT2D eigenvalue weighted by Gasteiger charge is 2.23. The Labute approximate surface area is 129 Å². The molecule has 0 heterocycles. The van der Waals surface area contributed by atoms with Gasteiger partial charge < -0.3 is 16.2 Å². The van der Waals surface area contributed by atoms with Gasteiger partial charge in [0.25, 0.3) is 0 Å². The van der Waals surface area contributed by atoms with Gasteiger partial charge in [0.15, 0.2) is 0 Å². The number of hydrogen-bond donors (Lipinski definition) is 3. The molecule has 4 N–H and O–H groups in total. The number of hydrogen-bond acceptors (Lipinski definition) is 4. The predicted molar refractivity (Wildman–Crippen MR) is 81.4 cm³/mol. The van der Waals surface area contributed by atoms with Gasteiger partial charge in [0.2, 0.25) is 11.8 Å². The first-order chi connectivity index (χ1) is 10.3. The van der Waals surface area contributed by atoms with Crippen LogP contribution >= 0.6 is 0 Å². The number of amides is 2. The van der Waals surface area contributed by atoms with Crippen LogP contribution in [0.25, 0.3) is 0 Å². The molecule has 0 unspecified atom stereocenters. The van der Waals surface area contributed by atoms with Gasteiger partial charge in [-0.2, -0.15) is 5.26 Å². The van der Waals surface area contributed by atoms with Crippen molar-refractivity contribution >= 4 is 11.8 Å². The maximum atomic E-state index is 11.9. The number of primary amides is 1. The molecule has 0 aliphatic heterocycles. The van der Waals surface area contributed by atoms with Gasteiger partial charge in [-0.1, -0.05) is 26.0 Å². The van der Waals surface area contributed by atoms with Crippen LogP contribution in [0.5, 0.6) is 0 Å². The molecule has 0 aliphatic rings. The molecule has 2 atom stereocenters. The van der Waals surface area contributed by atoms with Crippen LogP contribution in [-0.4, -0.2) is 29.1 Å². The van der Waals surface area contributed by atoms with Crippen LogP contribution in [0.2, 0.25) is 0 Å². The van der Waals surface area contributed by atoms with Gasteiger partial charge in [0.05, 0.1) is 11.6 Å². The van der Waals surface area contributed by atoms with Gasteiger partial charge in [0.1, 0.15) is 12.1 Å². The van der Waals surface area contributed by atoms with Gasteiger partial charge in [-0.15, -0.1) is 0 Å². The van der Waals surface area contributed by atoms with Crippen molar-refractivity contribution in [3.63, 3.8) is 0 Å². The molecule has 2 amide bonds. The molecule has 0 saturated heterocycles. The Bertz CT molecular complexity index is 561. The molecule has 1 aromatic rings. The molecule has 0 aromatic heterocycles. The third-order valence-electron chi connectivity index (χ3n) is 3.18.